The van der Waals surface area contributed by atoms with E-state index in [2.05, 4.69) is 9.97 Å². The van der Waals surface area contributed by atoms with Gasteiger partial charge in [-0.1, -0.05) is 36.7 Å². The molecule has 0 N–H and O–H groups in total. The number of halogens is 1. The summed E-state index contributed by atoms with van der Waals surface area (Å²) in [6.45, 7) is 3.44. The van der Waals surface area contributed by atoms with Crippen LogP contribution in [0.3, 0.4) is 0 Å². The molecule has 0 fully saturated rings. The van der Waals surface area contributed by atoms with Gasteiger partial charge in [-0.2, -0.15) is 0 Å². The van der Waals surface area contributed by atoms with Crippen molar-refractivity contribution in [1.82, 2.24) is 9.97 Å². The Morgan fingerprint density at radius 2 is 2.00 bits per heavy atom. The number of hydrogen-bond donors (Lipinski definition) is 0. The molecule has 1 heterocycles. The molecule has 0 aliphatic heterocycles. The molecule has 0 spiro atoms. The fourth-order valence-electron chi connectivity index (χ4n) is 1.87. The largest absolute Gasteiger partial charge is 0.261 e. The van der Waals surface area contributed by atoms with E-state index in [-0.39, 0.29) is 15.7 Å². The van der Waals surface area contributed by atoms with Crippen LogP contribution in [-0.4, -0.2) is 24.1 Å². The molecular formula is C15H15ClN2O2S. The molecule has 0 aliphatic carbocycles. The van der Waals surface area contributed by atoms with Gasteiger partial charge in [0, 0.05) is 6.20 Å². The van der Waals surface area contributed by atoms with Gasteiger partial charge >= 0.3 is 0 Å². The number of sulfone groups is 1. The Hall–Kier alpha value is -1.72. The molecule has 1 aromatic carbocycles. The van der Waals surface area contributed by atoms with Gasteiger partial charge in [-0.25, -0.2) is 8.42 Å². The number of rotatable bonds is 4. The molecule has 0 saturated heterocycles. The zero-order chi connectivity index (χ0) is 15.5. The quantitative estimate of drug-likeness (QED) is 0.865. The van der Waals surface area contributed by atoms with E-state index < -0.39 is 9.84 Å². The zero-order valence-corrected chi connectivity index (χ0v) is 13.3. The highest BCUT2D eigenvalue weighted by Crippen LogP contribution is 2.27. The summed E-state index contributed by atoms with van der Waals surface area (Å²) in [5, 5.41) is 0.231. The van der Waals surface area contributed by atoms with Gasteiger partial charge in [0.2, 0.25) is 0 Å². The van der Waals surface area contributed by atoms with Crippen LogP contribution in [0.1, 0.15) is 23.9 Å². The molecular weight excluding hydrogens is 308 g/mol. The maximum absolute atomic E-state index is 12.2. The Morgan fingerprint density at radius 3 is 2.67 bits per heavy atom. The fraction of sp³-hybridized carbons (Fsp3) is 0.200. The lowest BCUT2D eigenvalue weighted by atomic mass is 10.2. The lowest BCUT2D eigenvalue weighted by molar-refractivity contribution is 0.597. The smallest absolute Gasteiger partial charge is 0.180 e. The van der Waals surface area contributed by atoms with Gasteiger partial charge in [-0.15, -0.1) is 0 Å². The third-order valence-electron chi connectivity index (χ3n) is 2.90. The average Bonchev–Trinajstić information content (AvgIpc) is 2.45. The molecule has 0 saturated carbocycles. The summed E-state index contributed by atoms with van der Waals surface area (Å²) in [4.78, 5) is 8.49. The van der Waals surface area contributed by atoms with Crippen LogP contribution in [0.15, 0.2) is 35.5 Å². The van der Waals surface area contributed by atoms with Gasteiger partial charge in [-0.3, -0.25) is 9.97 Å². The standard InChI is InChI=1S/C15H15ClN2O2S/c1-3-21(19,20)15-12(5-4-6-14(15)16)7-8-13-10-17-9-11(2)18-13/h4-10H,3H2,1-2H3/b8-7+. The maximum Gasteiger partial charge on any atom is 0.180 e. The van der Waals surface area contributed by atoms with Gasteiger partial charge in [0.25, 0.3) is 0 Å². The topological polar surface area (TPSA) is 59.9 Å². The van der Waals surface area contributed by atoms with Crippen molar-refractivity contribution in [1.29, 1.82) is 0 Å². The van der Waals surface area contributed by atoms with Crippen molar-refractivity contribution >= 4 is 33.6 Å². The molecule has 0 aliphatic rings. The number of hydrogen-bond acceptors (Lipinski definition) is 4. The van der Waals surface area contributed by atoms with Crippen molar-refractivity contribution < 1.29 is 8.42 Å². The van der Waals surface area contributed by atoms with Crippen LogP contribution >= 0.6 is 11.6 Å². The van der Waals surface area contributed by atoms with Crippen LogP contribution < -0.4 is 0 Å². The summed E-state index contributed by atoms with van der Waals surface area (Å²) in [6.07, 6.45) is 6.68. The van der Waals surface area contributed by atoms with Crippen LogP contribution in [-0.2, 0) is 9.84 Å². The van der Waals surface area contributed by atoms with Gasteiger partial charge in [0.15, 0.2) is 9.84 Å². The molecule has 2 rings (SSSR count). The van der Waals surface area contributed by atoms with E-state index in [1.54, 1.807) is 49.7 Å². The highest BCUT2D eigenvalue weighted by Gasteiger charge is 2.18. The minimum absolute atomic E-state index is 0.00181. The molecule has 0 atom stereocenters. The first-order chi connectivity index (χ1) is 9.94. The van der Waals surface area contributed by atoms with Crippen molar-refractivity contribution in [2.45, 2.75) is 18.7 Å². The summed E-state index contributed by atoms with van der Waals surface area (Å²) >= 11 is 6.06. The van der Waals surface area contributed by atoms with Gasteiger partial charge in [0.05, 0.1) is 33.3 Å². The summed E-state index contributed by atoms with van der Waals surface area (Å²) in [6, 6.07) is 5.01. The second-order valence-electron chi connectivity index (χ2n) is 4.48. The molecule has 0 unspecified atom stereocenters. The molecule has 0 radical (unpaired) electrons. The van der Waals surface area contributed by atoms with Gasteiger partial charge < -0.3 is 0 Å². The highest BCUT2D eigenvalue weighted by atomic mass is 35.5. The summed E-state index contributed by atoms with van der Waals surface area (Å²) < 4.78 is 24.3. The predicted octanol–water partition coefficient (Wildman–Crippen LogP) is 3.40. The molecule has 0 amide bonds. The minimum Gasteiger partial charge on any atom is -0.261 e. The van der Waals surface area contributed by atoms with E-state index in [0.717, 1.165) is 5.69 Å². The normalized spacial score (nSPS) is 12.0. The lowest BCUT2D eigenvalue weighted by Gasteiger charge is -2.08. The molecule has 6 heteroatoms. The molecule has 21 heavy (non-hydrogen) atoms. The van der Waals surface area contributed by atoms with Crippen molar-refractivity contribution in [3.05, 3.63) is 52.6 Å². The SMILES string of the molecule is CCS(=O)(=O)c1c(Cl)cccc1/C=C/c1cncc(C)n1. The first-order valence-electron chi connectivity index (χ1n) is 6.42. The predicted molar refractivity (Wildman–Crippen MR) is 84.9 cm³/mol. The second-order valence-corrected chi connectivity index (χ2v) is 7.10. The third kappa shape index (κ3) is 3.68. The third-order valence-corrected chi connectivity index (χ3v) is 5.16. The van der Waals surface area contributed by atoms with E-state index in [4.69, 9.17) is 11.6 Å². The summed E-state index contributed by atoms with van der Waals surface area (Å²) in [5.74, 6) is 0.00181. The number of aryl methyl sites for hydroxylation is 1. The van der Waals surface area contributed by atoms with Crippen molar-refractivity contribution in [3.63, 3.8) is 0 Å². The highest BCUT2D eigenvalue weighted by molar-refractivity contribution is 7.91. The molecule has 0 bridgehead atoms. The van der Waals surface area contributed by atoms with Crippen LogP contribution in [0.25, 0.3) is 12.2 Å². The van der Waals surface area contributed by atoms with Crippen LogP contribution in [0.2, 0.25) is 5.02 Å². The van der Waals surface area contributed by atoms with Crippen LogP contribution in [0.5, 0.6) is 0 Å². The maximum atomic E-state index is 12.2. The van der Waals surface area contributed by atoms with E-state index in [1.165, 1.54) is 0 Å². The monoisotopic (exact) mass is 322 g/mol. The fourth-order valence-corrected chi connectivity index (χ4v) is 3.55. The zero-order valence-electron chi connectivity index (χ0n) is 11.7. The van der Waals surface area contributed by atoms with E-state index in [0.29, 0.717) is 11.3 Å². The number of nitrogens with zero attached hydrogens (tertiary/aromatic N) is 2. The van der Waals surface area contributed by atoms with Crippen LogP contribution in [0, 0.1) is 6.92 Å². The lowest BCUT2D eigenvalue weighted by Crippen LogP contribution is -2.06. The first-order valence-corrected chi connectivity index (χ1v) is 8.45. The van der Waals surface area contributed by atoms with E-state index in [9.17, 15) is 8.42 Å². The molecule has 110 valence electrons. The Bertz CT molecular complexity index is 786. The second kappa shape index (κ2) is 6.37. The summed E-state index contributed by atoms with van der Waals surface area (Å²) in [5.41, 5.74) is 2.01. The van der Waals surface area contributed by atoms with E-state index >= 15 is 0 Å². The van der Waals surface area contributed by atoms with E-state index in [1.807, 2.05) is 6.92 Å². The first kappa shape index (κ1) is 15.7. The summed E-state index contributed by atoms with van der Waals surface area (Å²) in [7, 11) is -3.39. The number of aromatic nitrogens is 2. The van der Waals surface area contributed by atoms with Crippen molar-refractivity contribution in [3.8, 4) is 0 Å². The molecule has 4 nitrogen and oxygen atoms in total. The Kier molecular flexibility index (Phi) is 4.75. The van der Waals surface area contributed by atoms with Crippen molar-refractivity contribution in [2.75, 3.05) is 5.75 Å². The Balaban J connectivity index is 2.48. The number of benzene rings is 1. The molecule has 2 aromatic rings. The molecule has 1 aromatic heterocycles. The van der Waals surface area contributed by atoms with Crippen LogP contribution in [0.4, 0.5) is 0 Å². The minimum atomic E-state index is -3.39. The van der Waals surface area contributed by atoms with Gasteiger partial charge in [-0.05, 0) is 24.6 Å². The average molecular weight is 323 g/mol. The van der Waals surface area contributed by atoms with Gasteiger partial charge in [0.1, 0.15) is 0 Å². The Labute approximate surface area is 129 Å². The van der Waals surface area contributed by atoms with Crippen molar-refractivity contribution in [2.24, 2.45) is 0 Å². The Morgan fingerprint density at radius 1 is 1.24 bits per heavy atom.